The van der Waals surface area contributed by atoms with E-state index in [4.69, 9.17) is 0 Å². The highest BCUT2D eigenvalue weighted by Crippen LogP contribution is 2.29. The summed E-state index contributed by atoms with van der Waals surface area (Å²) in [6.07, 6.45) is -3.18. The molecule has 0 aliphatic carbocycles. The average molecular weight is 254 g/mol. The van der Waals surface area contributed by atoms with E-state index in [1.807, 2.05) is 0 Å². The summed E-state index contributed by atoms with van der Waals surface area (Å²) in [5.74, 6) is -1.40. The Hall–Kier alpha value is -1.92. The monoisotopic (exact) mass is 254 g/mol. The van der Waals surface area contributed by atoms with Crippen LogP contribution in [0.1, 0.15) is 28.9 Å². The van der Waals surface area contributed by atoms with Crippen molar-refractivity contribution in [2.45, 2.75) is 19.1 Å². The van der Waals surface area contributed by atoms with Crippen LogP contribution in [0.25, 0.3) is 0 Å². The molecule has 3 N–H and O–H groups in total. The van der Waals surface area contributed by atoms with Gasteiger partial charge >= 0.3 is 5.97 Å². The molecule has 0 saturated carbocycles. The molecule has 98 valence electrons. The van der Waals surface area contributed by atoms with Gasteiger partial charge < -0.3 is 20.1 Å². The molecule has 18 heavy (non-hydrogen) atoms. The van der Waals surface area contributed by atoms with E-state index < -0.39 is 18.2 Å². The Morgan fingerprint density at radius 2 is 2.11 bits per heavy atom. The lowest BCUT2D eigenvalue weighted by Crippen LogP contribution is -2.30. The summed E-state index contributed by atoms with van der Waals surface area (Å²) in [4.78, 5) is 22.0. The minimum absolute atomic E-state index is 0.00847. The zero-order chi connectivity index (χ0) is 13.7. The number of hydrogen-bond donors (Lipinski definition) is 3. The molecular formula is C12H14O6. The molecule has 0 aliphatic heterocycles. The highest BCUT2D eigenvalue weighted by molar-refractivity contribution is 5.81. The van der Waals surface area contributed by atoms with Gasteiger partial charge in [0.2, 0.25) is 0 Å². The van der Waals surface area contributed by atoms with E-state index >= 15 is 0 Å². The van der Waals surface area contributed by atoms with Crippen LogP contribution in [0, 0.1) is 0 Å². The summed E-state index contributed by atoms with van der Waals surface area (Å²) in [6, 6.07) is 4.00. The second-order valence-electron chi connectivity index (χ2n) is 3.54. The van der Waals surface area contributed by atoms with E-state index in [9.17, 15) is 24.9 Å². The Bertz CT molecular complexity index is 442. The molecule has 0 bridgehead atoms. The van der Waals surface area contributed by atoms with Gasteiger partial charge in [-0.1, -0.05) is 12.1 Å². The lowest BCUT2D eigenvalue weighted by atomic mass is 9.98. The maximum atomic E-state index is 11.3. The molecule has 0 radical (unpaired) electrons. The Balaban J connectivity index is 3.06. The van der Waals surface area contributed by atoms with Crippen molar-refractivity contribution >= 4 is 12.3 Å². The molecule has 0 saturated heterocycles. The highest BCUT2D eigenvalue weighted by Gasteiger charge is 2.30. The van der Waals surface area contributed by atoms with Gasteiger partial charge in [-0.15, -0.1) is 0 Å². The van der Waals surface area contributed by atoms with Gasteiger partial charge in [0.1, 0.15) is 11.9 Å². The molecule has 6 heteroatoms. The van der Waals surface area contributed by atoms with Crippen LogP contribution in [-0.2, 0) is 9.53 Å². The van der Waals surface area contributed by atoms with Crippen LogP contribution in [-0.4, -0.2) is 40.3 Å². The molecule has 0 spiro atoms. The average Bonchev–Trinajstić information content (AvgIpc) is 2.36. The second-order valence-corrected chi connectivity index (χ2v) is 3.54. The maximum Gasteiger partial charge on any atom is 0.338 e. The number of hydrogen-bond acceptors (Lipinski definition) is 6. The van der Waals surface area contributed by atoms with Gasteiger partial charge in [-0.3, -0.25) is 4.79 Å². The summed E-state index contributed by atoms with van der Waals surface area (Å²) in [7, 11) is 0. The second kappa shape index (κ2) is 6.13. The zero-order valence-corrected chi connectivity index (χ0v) is 9.74. The number of carbonyl (C=O) groups excluding carboxylic acids is 2. The first kappa shape index (κ1) is 14.1. The number of benzene rings is 1. The molecule has 1 aromatic carbocycles. The quantitative estimate of drug-likeness (QED) is 0.511. The third-order valence-electron chi connectivity index (χ3n) is 2.37. The van der Waals surface area contributed by atoms with E-state index in [1.165, 1.54) is 18.2 Å². The van der Waals surface area contributed by atoms with Crippen LogP contribution in [0.4, 0.5) is 0 Å². The fourth-order valence-corrected chi connectivity index (χ4v) is 1.51. The van der Waals surface area contributed by atoms with Crippen LogP contribution < -0.4 is 0 Å². The molecule has 0 amide bonds. The fraction of sp³-hybridized carbons (Fsp3) is 0.333. The van der Waals surface area contributed by atoms with Crippen molar-refractivity contribution in [1.82, 2.24) is 0 Å². The Morgan fingerprint density at radius 3 is 2.67 bits per heavy atom. The van der Waals surface area contributed by atoms with Gasteiger partial charge in [0.05, 0.1) is 6.61 Å². The van der Waals surface area contributed by atoms with Gasteiger partial charge in [0.25, 0.3) is 0 Å². The SMILES string of the molecule is CCOC(=O)C(O)C(O)c1c(O)cccc1C=O. The maximum absolute atomic E-state index is 11.3. The van der Waals surface area contributed by atoms with E-state index in [-0.39, 0.29) is 23.5 Å². The van der Waals surface area contributed by atoms with E-state index in [2.05, 4.69) is 4.74 Å². The first-order valence-corrected chi connectivity index (χ1v) is 5.32. The van der Waals surface area contributed by atoms with E-state index in [0.717, 1.165) is 0 Å². The van der Waals surface area contributed by atoms with Crippen molar-refractivity contribution in [3.8, 4) is 5.75 Å². The van der Waals surface area contributed by atoms with Crippen molar-refractivity contribution in [1.29, 1.82) is 0 Å². The molecular weight excluding hydrogens is 240 g/mol. The summed E-state index contributed by atoms with van der Waals surface area (Å²) < 4.78 is 4.54. The van der Waals surface area contributed by atoms with Crippen LogP contribution in [0.15, 0.2) is 18.2 Å². The number of aliphatic hydroxyl groups excluding tert-OH is 2. The largest absolute Gasteiger partial charge is 0.508 e. The first-order valence-electron chi connectivity index (χ1n) is 5.32. The Kier molecular flexibility index (Phi) is 4.82. The first-order chi connectivity index (χ1) is 8.52. The Labute approximate surface area is 103 Å². The summed E-state index contributed by atoms with van der Waals surface area (Å²) in [5.41, 5.74) is -0.209. The van der Waals surface area contributed by atoms with Crippen LogP contribution in [0.2, 0.25) is 0 Å². The minimum atomic E-state index is -1.86. The lowest BCUT2D eigenvalue weighted by Gasteiger charge is -2.18. The number of phenols is 1. The number of aldehydes is 1. The molecule has 0 heterocycles. The number of aliphatic hydroxyl groups is 2. The van der Waals surface area contributed by atoms with Crippen LogP contribution >= 0.6 is 0 Å². The smallest absolute Gasteiger partial charge is 0.338 e. The molecule has 0 aromatic heterocycles. The van der Waals surface area contributed by atoms with Crippen molar-refractivity contribution in [3.05, 3.63) is 29.3 Å². The molecule has 1 rings (SSSR count). The normalized spacial score (nSPS) is 13.7. The Morgan fingerprint density at radius 1 is 1.44 bits per heavy atom. The van der Waals surface area contributed by atoms with Crippen molar-refractivity contribution < 1.29 is 29.6 Å². The van der Waals surface area contributed by atoms with Gasteiger partial charge in [-0.05, 0) is 13.0 Å². The van der Waals surface area contributed by atoms with Gasteiger partial charge in [0.15, 0.2) is 12.4 Å². The number of ether oxygens (including phenoxy) is 1. The zero-order valence-electron chi connectivity index (χ0n) is 9.74. The van der Waals surface area contributed by atoms with Crippen molar-refractivity contribution in [2.24, 2.45) is 0 Å². The number of carbonyl (C=O) groups is 2. The van der Waals surface area contributed by atoms with Gasteiger partial charge in [-0.25, -0.2) is 4.79 Å². The molecule has 2 unspecified atom stereocenters. The van der Waals surface area contributed by atoms with E-state index in [0.29, 0.717) is 6.29 Å². The minimum Gasteiger partial charge on any atom is -0.508 e. The van der Waals surface area contributed by atoms with Crippen LogP contribution in [0.5, 0.6) is 5.75 Å². The lowest BCUT2D eigenvalue weighted by molar-refractivity contribution is -0.159. The molecule has 0 aliphatic rings. The van der Waals surface area contributed by atoms with Gasteiger partial charge in [0, 0.05) is 11.1 Å². The molecule has 1 aromatic rings. The third kappa shape index (κ3) is 2.85. The molecule has 6 nitrogen and oxygen atoms in total. The fourth-order valence-electron chi connectivity index (χ4n) is 1.51. The van der Waals surface area contributed by atoms with E-state index in [1.54, 1.807) is 6.92 Å². The standard InChI is InChI=1S/C12H14O6/c1-2-18-12(17)11(16)10(15)9-7(6-13)4-3-5-8(9)14/h3-6,10-11,14-16H,2H2,1H3. The predicted octanol–water partition coefficient (Wildman–Crippen LogP) is 0.162. The number of phenolic OH excluding ortho intramolecular Hbond substituents is 1. The van der Waals surface area contributed by atoms with Crippen molar-refractivity contribution in [3.63, 3.8) is 0 Å². The number of rotatable bonds is 5. The van der Waals surface area contributed by atoms with Gasteiger partial charge in [-0.2, -0.15) is 0 Å². The van der Waals surface area contributed by atoms with Crippen molar-refractivity contribution in [2.75, 3.05) is 6.61 Å². The third-order valence-corrected chi connectivity index (χ3v) is 2.37. The molecule has 0 fully saturated rings. The predicted molar refractivity (Wildman–Crippen MR) is 61.1 cm³/mol. The summed E-state index contributed by atoms with van der Waals surface area (Å²) >= 11 is 0. The highest BCUT2D eigenvalue weighted by atomic mass is 16.5. The number of esters is 1. The summed E-state index contributed by atoms with van der Waals surface area (Å²) in [6.45, 7) is 1.60. The molecule has 2 atom stereocenters. The van der Waals surface area contributed by atoms with Crippen LogP contribution in [0.3, 0.4) is 0 Å². The topological polar surface area (TPSA) is 104 Å². The number of aromatic hydroxyl groups is 1. The summed E-state index contributed by atoms with van der Waals surface area (Å²) in [5, 5.41) is 28.9.